The van der Waals surface area contributed by atoms with Crippen molar-refractivity contribution in [2.24, 2.45) is 0 Å². The average Bonchev–Trinajstić information content (AvgIpc) is 2.46. The second-order valence-electron chi connectivity index (χ2n) is 5.45. The van der Waals surface area contributed by atoms with Gasteiger partial charge in [0, 0.05) is 25.2 Å². The lowest BCUT2D eigenvalue weighted by molar-refractivity contribution is -0.385. The van der Waals surface area contributed by atoms with Crippen LogP contribution >= 0.6 is 0 Å². The molecule has 1 aliphatic rings. The van der Waals surface area contributed by atoms with E-state index in [0.717, 1.165) is 18.9 Å². The number of nitrogens with zero attached hydrogens (tertiary/aromatic N) is 3. The molecule has 114 valence electrons. The maximum absolute atomic E-state index is 12.5. The standard InChI is InChI=1S/C14H19N3O4/c1-15(2)10-5-7-16(8-6-10)14(19)12-9-11(18)3-4-13(12)17(20)21/h3-4,9-10,18H,5-8H2,1-2H3. The molecule has 7 heteroatoms. The lowest BCUT2D eigenvalue weighted by Gasteiger charge is -2.35. The van der Waals surface area contributed by atoms with E-state index < -0.39 is 10.8 Å². The van der Waals surface area contributed by atoms with E-state index in [2.05, 4.69) is 4.90 Å². The summed E-state index contributed by atoms with van der Waals surface area (Å²) in [6.45, 7) is 1.13. The summed E-state index contributed by atoms with van der Waals surface area (Å²) in [5.74, 6) is -0.540. The molecule has 7 nitrogen and oxygen atoms in total. The molecule has 1 fully saturated rings. The first-order chi connectivity index (χ1) is 9.90. The highest BCUT2D eigenvalue weighted by molar-refractivity contribution is 5.98. The third kappa shape index (κ3) is 3.30. The zero-order chi connectivity index (χ0) is 15.6. The van der Waals surface area contributed by atoms with Gasteiger partial charge in [0.15, 0.2) is 0 Å². The van der Waals surface area contributed by atoms with Crippen LogP contribution in [0, 0.1) is 10.1 Å². The van der Waals surface area contributed by atoms with Crippen LogP contribution in [-0.2, 0) is 0 Å². The number of hydrogen-bond acceptors (Lipinski definition) is 5. The number of aromatic hydroxyl groups is 1. The summed E-state index contributed by atoms with van der Waals surface area (Å²) >= 11 is 0. The minimum Gasteiger partial charge on any atom is -0.508 e. The van der Waals surface area contributed by atoms with Crippen LogP contribution in [0.3, 0.4) is 0 Å². The second-order valence-corrected chi connectivity index (χ2v) is 5.45. The Morgan fingerprint density at radius 3 is 2.52 bits per heavy atom. The quantitative estimate of drug-likeness (QED) is 0.673. The molecule has 1 aromatic rings. The molecular weight excluding hydrogens is 274 g/mol. The maximum Gasteiger partial charge on any atom is 0.282 e. The van der Waals surface area contributed by atoms with Crippen molar-refractivity contribution < 1.29 is 14.8 Å². The number of carbonyl (C=O) groups is 1. The smallest absolute Gasteiger partial charge is 0.282 e. The molecule has 1 aliphatic heterocycles. The Kier molecular flexibility index (Phi) is 4.42. The first kappa shape index (κ1) is 15.2. The van der Waals surface area contributed by atoms with Crippen molar-refractivity contribution in [3.8, 4) is 5.75 Å². The number of benzene rings is 1. The van der Waals surface area contributed by atoms with E-state index in [4.69, 9.17) is 0 Å². The number of phenols is 1. The molecule has 1 amide bonds. The monoisotopic (exact) mass is 293 g/mol. The highest BCUT2D eigenvalue weighted by atomic mass is 16.6. The molecule has 0 unspecified atom stereocenters. The van der Waals surface area contributed by atoms with Crippen molar-refractivity contribution in [1.82, 2.24) is 9.80 Å². The van der Waals surface area contributed by atoms with Crippen LogP contribution in [0.2, 0.25) is 0 Å². The van der Waals surface area contributed by atoms with Gasteiger partial charge in [0.05, 0.1) is 4.92 Å². The molecule has 1 heterocycles. The minimum atomic E-state index is -0.598. The molecule has 0 aliphatic carbocycles. The number of likely N-dealkylation sites (tertiary alicyclic amines) is 1. The molecule has 1 N–H and O–H groups in total. The fourth-order valence-electron chi connectivity index (χ4n) is 2.61. The molecule has 0 atom stereocenters. The summed E-state index contributed by atoms with van der Waals surface area (Å²) < 4.78 is 0. The van der Waals surface area contributed by atoms with E-state index in [-0.39, 0.29) is 17.0 Å². The van der Waals surface area contributed by atoms with Gasteiger partial charge in [0.2, 0.25) is 0 Å². The van der Waals surface area contributed by atoms with Crippen molar-refractivity contribution in [3.63, 3.8) is 0 Å². The van der Waals surface area contributed by atoms with E-state index in [1.54, 1.807) is 4.90 Å². The Morgan fingerprint density at radius 2 is 2.00 bits per heavy atom. The van der Waals surface area contributed by atoms with Crippen LogP contribution in [-0.4, -0.2) is 59.0 Å². The van der Waals surface area contributed by atoms with Gasteiger partial charge >= 0.3 is 0 Å². The molecule has 0 spiro atoms. The fraction of sp³-hybridized carbons (Fsp3) is 0.500. The van der Waals surface area contributed by atoms with Gasteiger partial charge in [-0.25, -0.2) is 0 Å². The first-order valence-corrected chi connectivity index (χ1v) is 6.83. The van der Waals surface area contributed by atoms with E-state index in [9.17, 15) is 20.0 Å². The Hall–Kier alpha value is -2.15. The van der Waals surface area contributed by atoms with Gasteiger partial charge in [-0.15, -0.1) is 0 Å². The number of phenolic OH excluding ortho intramolecular Hbond substituents is 1. The third-order valence-electron chi connectivity index (χ3n) is 3.89. The van der Waals surface area contributed by atoms with E-state index in [1.165, 1.54) is 12.1 Å². The van der Waals surface area contributed by atoms with Crippen molar-refractivity contribution in [2.45, 2.75) is 18.9 Å². The summed E-state index contributed by atoms with van der Waals surface area (Å²) in [5, 5.41) is 20.5. The number of hydrogen-bond donors (Lipinski definition) is 1. The van der Waals surface area contributed by atoms with Crippen LogP contribution in [0.5, 0.6) is 5.75 Å². The Bertz CT molecular complexity index is 551. The normalized spacial score (nSPS) is 16.2. The number of nitro groups is 1. The largest absolute Gasteiger partial charge is 0.508 e. The highest BCUT2D eigenvalue weighted by Crippen LogP contribution is 2.26. The predicted octanol–water partition coefficient (Wildman–Crippen LogP) is 1.47. The summed E-state index contributed by atoms with van der Waals surface area (Å²) in [7, 11) is 4.00. The number of amides is 1. The van der Waals surface area contributed by atoms with Crippen LogP contribution in [0.4, 0.5) is 5.69 Å². The van der Waals surface area contributed by atoms with Crippen LogP contribution in [0.25, 0.3) is 0 Å². The van der Waals surface area contributed by atoms with Crippen LogP contribution in [0.15, 0.2) is 18.2 Å². The molecule has 0 bridgehead atoms. The number of piperidine rings is 1. The zero-order valence-electron chi connectivity index (χ0n) is 12.2. The Labute approximate surface area is 122 Å². The highest BCUT2D eigenvalue weighted by Gasteiger charge is 2.29. The third-order valence-corrected chi connectivity index (χ3v) is 3.89. The van der Waals surface area contributed by atoms with Gasteiger partial charge < -0.3 is 14.9 Å². The van der Waals surface area contributed by atoms with Crippen LogP contribution in [0.1, 0.15) is 23.2 Å². The maximum atomic E-state index is 12.5. The molecule has 0 aromatic heterocycles. The molecule has 1 saturated heterocycles. The average molecular weight is 293 g/mol. The SMILES string of the molecule is CN(C)C1CCN(C(=O)c2cc(O)ccc2[N+](=O)[O-])CC1. The lowest BCUT2D eigenvalue weighted by atomic mass is 10.0. The summed E-state index contributed by atoms with van der Waals surface area (Å²) in [6, 6.07) is 3.97. The van der Waals surface area contributed by atoms with E-state index in [0.29, 0.717) is 19.1 Å². The first-order valence-electron chi connectivity index (χ1n) is 6.83. The minimum absolute atomic E-state index is 0.0525. The van der Waals surface area contributed by atoms with Gasteiger partial charge in [-0.3, -0.25) is 14.9 Å². The van der Waals surface area contributed by atoms with Gasteiger partial charge in [-0.2, -0.15) is 0 Å². The second kappa shape index (κ2) is 6.09. The van der Waals surface area contributed by atoms with Crippen molar-refractivity contribution in [2.75, 3.05) is 27.2 Å². The zero-order valence-corrected chi connectivity index (χ0v) is 12.2. The number of carbonyl (C=O) groups excluding carboxylic acids is 1. The van der Waals surface area contributed by atoms with Gasteiger partial charge in [-0.1, -0.05) is 0 Å². The van der Waals surface area contributed by atoms with Gasteiger partial charge in [-0.05, 0) is 39.1 Å². The molecular formula is C14H19N3O4. The van der Waals surface area contributed by atoms with Gasteiger partial charge in [0.1, 0.15) is 11.3 Å². The molecule has 2 rings (SSSR count). The summed E-state index contributed by atoms with van der Waals surface area (Å²) in [4.78, 5) is 26.6. The molecule has 21 heavy (non-hydrogen) atoms. The van der Waals surface area contributed by atoms with E-state index in [1.807, 2.05) is 14.1 Å². The van der Waals surface area contributed by atoms with Crippen molar-refractivity contribution >= 4 is 11.6 Å². The van der Waals surface area contributed by atoms with E-state index >= 15 is 0 Å². The molecule has 1 aromatic carbocycles. The number of rotatable bonds is 3. The Balaban J connectivity index is 2.18. The van der Waals surface area contributed by atoms with Crippen LogP contribution < -0.4 is 0 Å². The summed E-state index contributed by atoms with van der Waals surface area (Å²) in [6.07, 6.45) is 1.68. The molecule has 0 saturated carbocycles. The number of nitro benzene ring substituents is 1. The van der Waals surface area contributed by atoms with Crippen molar-refractivity contribution in [3.05, 3.63) is 33.9 Å². The predicted molar refractivity (Wildman–Crippen MR) is 77.4 cm³/mol. The topological polar surface area (TPSA) is 86.9 Å². The van der Waals surface area contributed by atoms with Gasteiger partial charge in [0.25, 0.3) is 11.6 Å². The van der Waals surface area contributed by atoms with Crippen molar-refractivity contribution in [1.29, 1.82) is 0 Å². The summed E-state index contributed by atoms with van der Waals surface area (Å²) in [5.41, 5.74) is -0.323. The lowest BCUT2D eigenvalue weighted by Crippen LogP contribution is -2.44. The fourth-order valence-corrected chi connectivity index (χ4v) is 2.61. The Morgan fingerprint density at radius 1 is 1.38 bits per heavy atom. The molecule has 0 radical (unpaired) electrons.